The second-order valence-corrected chi connectivity index (χ2v) is 4.09. The van der Waals surface area contributed by atoms with Crippen molar-refractivity contribution in [2.45, 2.75) is 19.3 Å². The molecule has 1 fully saturated rings. The number of aryl methyl sites for hydroxylation is 1. The molecule has 0 saturated carbocycles. The van der Waals surface area contributed by atoms with Gasteiger partial charge in [0.2, 0.25) is 0 Å². The Labute approximate surface area is 95.7 Å². The van der Waals surface area contributed by atoms with Crippen LogP contribution in [0.5, 0.6) is 0 Å². The van der Waals surface area contributed by atoms with Crippen molar-refractivity contribution >= 4 is 0 Å². The monoisotopic (exact) mass is 244 g/mol. The molecule has 1 saturated heterocycles. The van der Waals surface area contributed by atoms with Crippen LogP contribution in [0.1, 0.15) is 11.8 Å². The minimum Gasteiger partial charge on any atom is -0.396 e. The number of nitrogens with one attached hydrogen (secondary N) is 1. The van der Waals surface area contributed by atoms with E-state index >= 15 is 0 Å². The van der Waals surface area contributed by atoms with Crippen LogP contribution in [0.2, 0.25) is 0 Å². The summed E-state index contributed by atoms with van der Waals surface area (Å²) in [5.74, 6) is -0.640. The minimum atomic E-state index is -1.47. The van der Waals surface area contributed by atoms with Crippen LogP contribution in [-0.4, -0.2) is 34.0 Å². The van der Waals surface area contributed by atoms with Crippen molar-refractivity contribution in [3.05, 3.63) is 32.6 Å². The standard InChI is InChI=1S/C10H13FN2O4/c1-5-2-13(10(16)12-8(5)15)9-7(11)6(3-14)4-17-9/h2,6-7,9,14H,3-4H2,1H3,(H,12,15,16)/t6-,7?,9+/m1/s1. The molecular weight excluding hydrogens is 231 g/mol. The van der Waals surface area contributed by atoms with Crippen LogP contribution in [0.4, 0.5) is 4.39 Å². The topological polar surface area (TPSA) is 84.3 Å². The lowest BCUT2D eigenvalue weighted by molar-refractivity contribution is 0.0174. The molecule has 1 aromatic rings. The highest BCUT2D eigenvalue weighted by atomic mass is 19.1. The van der Waals surface area contributed by atoms with Crippen molar-refractivity contribution in [3.8, 4) is 0 Å². The van der Waals surface area contributed by atoms with Crippen LogP contribution in [-0.2, 0) is 4.74 Å². The molecule has 2 N–H and O–H groups in total. The summed E-state index contributed by atoms with van der Waals surface area (Å²) in [4.78, 5) is 24.8. The lowest BCUT2D eigenvalue weighted by atomic mass is 10.1. The van der Waals surface area contributed by atoms with Gasteiger partial charge < -0.3 is 9.84 Å². The number of halogens is 1. The largest absolute Gasteiger partial charge is 0.396 e. The van der Waals surface area contributed by atoms with Gasteiger partial charge in [0.15, 0.2) is 12.4 Å². The highest BCUT2D eigenvalue weighted by molar-refractivity contribution is 5.02. The Balaban J connectivity index is 2.39. The van der Waals surface area contributed by atoms with Crippen molar-refractivity contribution in [2.75, 3.05) is 13.2 Å². The summed E-state index contributed by atoms with van der Waals surface area (Å²) < 4.78 is 20.0. The number of ether oxygens (including phenoxy) is 1. The number of hydrogen-bond acceptors (Lipinski definition) is 4. The van der Waals surface area contributed by atoms with Crippen molar-refractivity contribution in [3.63, 3.8) is 0 Å². The fraction of sp³-hybridized carbons (Fsp3) is 0.600. The Kier molecular flexibility index (Phi) is 3.12. The maximum absolute atomic E-state index is 13.8. The number of aromatic nitrogens is 2. The fourth-order valence-electron chi connectivity index (χ4n) is 1.80. The van der Waals surface area contributed by atoms with Gasteiger partial charge in [-0.15, -0.1) is 0 Å². The molecule has 1 aliphatic heterocycles. The Morgan fingerprint density at radius 2 is 2.35 bits per heavy atom. The van der Waals surface area contributed by atoms with Crippen molar-refractivity contribution in [1.29, 1.82) is 0 Å². The predicted molar refractivity (Wildman–Crippen MR) is 56.5 cm³/mol. The average Bonchev–Trinajstić information content (AvgIpc) is 2.65. The van der Waals surface area contributed by atoms with Crippen molar-refractivity contribution < 1.29 is 14.2 Å². The zero-order valence-corrected chi connectivity index (χ0v) is 9.22. The van der Waals surface area contributed by atoms with E-state index in [1.165, 1.54) is 13.1 Å². The average molecular weight is 244 g/mol. The first-order valence-corrected chi connectivity index (χ1v) is 5.23. The van der Waals surface area contributed by atoms with E-state index in [-0.39, 0.29) is 13.2 Å². The number of alkyl halides is 1. The normalized spacial score (nSPS) is 28.5. The second-order valence-electron chi connectivity index (χ2n) is 4.09. The van der Waals surface area contributed by atoms with Crippen LogP contribution in [0, 0.1) is 12.8 Å². The summed E-state index contributed by atoms with van der Waals surface area (Å²) >= 11 is 0. The Morgan fingerprint density at radius 3 is 2.94 bits per heavy atom. The molecule has 1 aliphatic rings. The van der Waals surface area contributed by atoms with Gasteiger partial charge in [0.05, 0.1) is 13.2 Å². The van der Waals surface area contributed by atoms with Gasteiger partial charge in [0, 0.05) is 17.7 Å². The summed E-state index contributed by atoms with van der Waals surface area (Å²) in [7, 11) is 0. The molecule has 0 bridgehead atoms. The van der Waals surface area contributed by atoms with E-state index in [1.54, 1.807) is 0 Å². The smallest absolute Gasteiger partial charge is 0.330 e. The van der Waals surface area contributed by atoms with Crippen LogP contribution in [0.15, 0.2) is 15.8 Å². The molecule has 1 unspecified atom stereocenters. The SMILES string of the molecule is Cc1cn([C@H]2OC[C@@H](CO)C2F)c(=O)[nH]c1=O. The van der Waals surface area contributed by atoms with Crippen LogP contribution >= 0.6 is 0 Å². The number of aromatic amines is 1. The zero-order valence-electron chi connectivity index (χ0n) is 9.22. The molecule has 3 atom stereocenters. The number of rotatable bonds is 2. The highest BCUT2D eigenvalue weighted by Crippen LogP contribution is 2.29. The minimum absolute atomic E-state index is 0.0486. The summed E-state index contributed by atoms with van der Waals surface area (Å²) in [5, 5.41) is 8.90. The summed E-state index contributed by atoms with van der Waals surface area (Å²) in [5.41, 5.74) is -0.918. The third kappa shape index (κ3) is 2.03. The molecule has 0 amide bonds. The zero-order chi connectivity index (χ0) is 12.6. The Morgan fingerprint density at radius 1 is 1.65 bits per heavy atom. The number of nitrogens with zero attached hydrogens (tertiary/aromatic N) is 1. The molecule has 94 valence electrons. The molecule has 6 nitrogen and oxygen atoms in total. The van der Waals surface area contributed by atoms with Crippen molar-refractivity contribution in [1.82, 2.24) is 9.55 Å². The first kappa shape index (κ1) is 12.0. The maximum Gasteiger partial charge on any atom is 0.330 e. The van der Waals surface area contributed by atoms with Crippen molar-refractivity contribution in [2.24, 2.45) is 5.92 Å². The molecule has 1 aromatic heterocycles. The lowest BCUT2D eigenvalue weighted by Crippen LogP contribution is -2.36. The van der Waals surface area contributed by atoms with Gasteiger partial charge in [-0.3, -0.25) is 14.3 Å². The van der Waals surface area contributed by atoms with E-state index < -0.39 is 29.6 Å². The van der Waals surface area contributed by atoms with Gasteiger partial charge >= 0.3 is 5.69 Å². The maximum atomic E-state index is 13.8. The molecule has 7 heteroatoms. The van der Waals surface area contributed by atoms with Gasteiger partial charge in [-0.1, -0.05) is 0 Å². The molecule has 0 radical (unpaired) electrons. The van der Waals surface area contributed by atoms with E-state index in [9.17, 15) is 14.0 Å². The van der Waals surface area contributed by atoms with Gasteiger partial charge in [-0.2, -0.15) is 0 Å². The molecule has 0 spiro atoms. The van der Waals surface area contributed by atoms with E-state index in [1.807, 2.05) is 0 Å². The van der Waals surface area contributed by atoms with Gasteiger partial charge in [0.1, 0.15) is 0 Å². The van der Waals surface area contributed by atoms with Gasteiger partial charge in [-0.25, -0.2) is 9.18 Å². The Hall–Kier alpha value is -1.47. The first-order chi connectivity index (χ1) is 8.04. The fourth-order valence-corrected chi connectivity index (χ4v) is 1.80. The van der Waals surface area contributed by atoms with Crippen LogP contribution < -0.4 is 11.2 Å². The summed E-state index contributed by atoms with van der Waals surface area (Å²) in [6, 6.07) is 0. The predicted octanol–water partition coefficient (Wildman–Crippen LogP) is -0.680. The van der Waals surface area contributed by atoms with Crippen LogP contribution in [0.3, 0.4) is 0 Å². The van der Waals surface area contributed by atoms with E-state index in [0.717, 1.165) is 4.57 Å². The lowest BCUT2D eigenvalue weighted by Gasteiger charge is -2.16. The second kappa shape index (κ2) is 4.42. The quantitative estimate of drug-likeness (QED) is 0.722. The molecular formula is C10H13FN2O4. The molecule has 2 rings (SSSR count). The number of aliphatic hydroxyl groups is 1. The van der Waals surface area contributed by atoms with E-state index in [2.05, 4.69) is 4.98 Å². The molecule has 17 heavy (non-hydrogen) atoms. The number of hydrogen-bond donors (Lipinski definition) is 2. The molecule has 2 heterocycles. The molecule has 0 aromatic carbocycles. The Bertz CT molecular complexity index is 524. The summed E-state index contributed by atoms with van der Waals surface area (Å²) in [6.07, 6.45) is -1.30. The van der Waals surface area contributed by atoms with Gasteiger partial charge in [0.25, 0.3) is 5.56 Å². The van der Waals surface area contributed by atoms with Gasteiger partial charge in [-0.05, 0) is 6.92 Å². The molecule has 0 aliphatic carbocycles. The third-order valence-electron chi connectivity index (χ3n) is 2.86. The van der Waals surface area contributed by atoms with Crippen LogP contribution in [0.25, 0.3) is 0 Å². The number of H-pyrrole nitrogens is 1. The first-order valence-electron chi connectivity index (χ1n) is 5.23. The van der Waals surface area contributed by atoms with E-state index in [4.69, 9.17) is 9.84 Å². The number of aliphatic hydroxyl groups excluding tert-OH is 1. The third-order valence-corrected chi connectivity index (χ3v) is 2.86. The van der Waals surface area contributed by atoms with E-state index in [0.29, 0.717) is 5.56 Å². The highest BCUT2D eigenvalue weighted by Gasteiger charge is 2.38. The summed E-state index contributed by atoms with van der Waals surface area (Å²) in [6.45, 7) is 1.22.